The maximum absolute atomic E-state index is 11.0. The molecule has 6 nitrogen and oxygen atoms in total. The van der Waals surface area contributed by atoms with Gasteiger partial charge in [-0.3, -0.25) is 0 Å². The molecule has 0 unspecified atom stereocenters. The van der Waals surface area contributed by atoms with E-state index in [9.17, 15) is 4.79 Å². The van der Waals surface area contributed by atoms with Crippen LogP contribution in [0.3, 0.4) is 0 Å². The van der Waals surface area contributed by atoms with E-state index in [2.05, 4.69) is 41.0 Å². The summed E-state index contributed by atoms with van der Waals surface area (Å²) >= 11 is 0. The van der Waals surface area contributed by atoms with Gasteiger partial charge in [-0.15, -0.1) is 0 Å². The molecule has 5 N–H and O–H groups in total. The van der Waals surface area contributed by atoms with Crippen LogP contribution in [0.5, 0.6) is 0 Å². The van der Waals surface area contributed by atoms with Crippen molar-refractivity contribution in [2.45, 2.75) is 6.92 Å². The molecule has 0 atom stereocenters. The maximum atomic E-state index is 11.0. The number of benzene rings is 3. The zero-order valence-electron chi connectivity index (χ0n) is 17.2. The SMILES string of the molecule is Cc1ccccc1N1CCN(c2ccc(C(=O)O)cc2N)CC1.Nc1ccccc1. The molecule has 1 aliphatic heterocycles. The highest BCUT2D eigenvalue weighted by Gasteiger charge is 2.20. The van der Waals surface area contributed by atoms with Gasteiger partial charge < -0.3 is 26.4 Å². The van der Waals surface area contributed by atoms with Crippen molar-refractivity contribution >= 4 is 28.7 Å². The zero-order chi connectivity index (χ0) is 21.5. The molecule has 4 rings (SSSR count). The van der Waals surface area contributed by atoms with Crippen LogP contribution in [-0.2, 0) is 0 Å². The number of carboxylic acids is 1. The van der Waals surface area contributed by atoms with Crippen molar-refractivity contribution in [2.24, 2.45) is 0 Å². The minimum Gasteiger partial charge on any atom is -0.478 e. The molecule has 0 aliphatic carbocycles. The Morgan fingerprint density at radius 2 is 1.37 bits per heavy atom. The molecule has 0 radical (unpaired) electrons. The number of nitrogens with two attached hydrogens (primary N) is 2. The Morgan fingerprint density at radius 3 is 1.87 bits per heavy atom. The third-order valence-electron chi connectivity index (χ3n) is 5.15. The van der Waals surface area contributed by atoms with Crippen LogP contribution in [-0.4, -0.2) is 37.3 Å². The van der Waals surface area contributed by atoms with Gasteiger partial charge in [0, 0.05) is 37.6 Å². The van der Waals surface area contributed by atoms with Gasteiger partial charge in [0.05, 0.1) is 16.9 Å². The fourth-order valence-corrected chi connectivity index (χ4v) is 3.54. The van der Waals surface area contributed by atoms with Gasteiger partial charge in [0.15, 0.2) is 0 Å². The highest BCUT2D eigenvalue weighted by Crippen LogP contribution is 2.27. The Morgan fingerprint density at radius 1 is 0.800 bits per heavy atom. The Bertz CT molecular complexity index is 984. The highest BCUT2D eigenvalue weighted by atomic mass is 16.4. The summed E-state index contributed by atoms with van der Waals surface area (Å²) in [4.78, 5) is 15.6. The van der Waals surface area contributed by atoms with Crippen LogP contribution in [0, 0.1) is 6.92 Å². The minimum absolute atomic E-state index is 0.227. The van der Waals surface area contributed by atoms with E-state index < -0.39 is 5.97 Å². The van der Waals surface area contributed by atoms with Gasteiger partial charge in [-0.2, -0.15) is 0 Å². The van der Waals surface area contributed by atoms with Crippen LogP contribution < -0.4 is 21.3 Å². The smallest absolute Gasteiger partial charge is 0.335 e. The summed E-state index contributed by atoms with van der Waals surface area (Å²) in [5.74, 6) is -0.951. The second kappa shape index (κ2) is 9.69. The molecule has 0 aromatic heterocycles. The molecular formula is C24H28N4O2. The number of carboxylic acid groups (broad SMARTS) is 1. The molecule has 3 aromatic carbocycles. The summed E-state index contributed by atoms with van der Waals surface area (Å²) in [6.45, 7) is 5.70. The average molecular weight is 405 g/mol. The molecule has 1 saturated heterocycles. The highest BCUT2D eigenvalue weighted by molar-refractivity contribution is 5.90. The molecule has 30 heavy (non-hydrogen) atoms. The largest absolute Gasteiger partial charge is 0.478 e. The lowest BCUT2D eigenvalue weighted by Gasteiger charge is -2.38. The van der Waals surface area contributed by atoms with Crippen LogP contribution in [0.15, 0.2) is 72.8 Å². The zero-order valence-corrected chi connectivity index (χ0v) is 17.2. The summed E-state index contributed by atoms with van der Waals surface area (Å²) in [6, 6.07) is 22.8. The number of nitrogen functional groups attached to an aromatic ring is 2. The predicted molar refractivity (Wildman–Crippen MR) is 124 cm³/mol. The number of anilines is 4. The first-order valence-corrected chi connectivity index (χ1v) is 9.94. The standard InChI is InChI=1S/C18H21N3O2.C6H7N/c1-13-4-2-3-5-16(13)20-8-10-21(11-9-20)17-7-6-14(18(22)23)12-15(17)19;7-6-4-2-1-3-5-6/h2-7,12H,8-11,19H2,1H3,(H,22,23);1-5H,7H2. The van der Waals surface area contributed by atoms with E-state index in [4.69, 9.17) is 16.6 Å². The van der Waals surface area contributed by atoms with Gasteiger partial charge in [0.1, 0.15) is 0 Å². The number of nitrogens with zero attached hydrogens (tertiary/aromatic N) is 2. The van der Waals surface area contributed by atoms with Crippen molar-refractivity contribution in [2.75, 3.05) is 47.4 Å². The van der Waals surface area contributed by atoms with Crippen LogP contribution >= 0.6 is 0 Å². The van der Waals surface area contributed by atoms with Crippen LogP contribution in [0.1, 0.15) is 15.9 Å². The van der Waals surface area contributed by atoms with Gasteiger partial charge in [-0.25, -0.2) is 4.79 Å². The molecule has 3 aromatic rings. The van der Waals surface area contributed by atoms with E-state index in [0.29, 0.717) is 5.69 Å². The van der Waals surface area contributed by atoms with E-state index in [1.807, 2.05) is 36.4 Å². The first-order valence-electron chi connectivity index (χ1n) is 9.94. The summed E-state index contributed by atoms with van der Waals surface area (Å²) in [5, 5.41) is 9.02. The Kier molecular flexibility index (Phi) is 6.80. The van der Waals surface area contributed by atoms with Gasteiger partial charge in [-0.05, 0) is 48.9 Å². The molecule has 1 fully saturated rings. The number of aromatic carboxylic acids is 1. The molecular weight excluding hydrogens is 376 g/mol. The van der Waals surface area contributed by atoms with E-state index in [0.717, 1.165) is 37.6 Å². The van der Waals surface area contributed by atoms with E-state index in [-0.39, 0.29) is 5.56 Å². The monoisotopic (exact) mass is 404 g/mol. The van der Waals surface area contributed by atoms with Crippen LogP contribution in [0.2, 0.25) is 0 Å². The van der Waals surface area contributed by atoms with E-state index in [1.54, 1.807) is 6.07 Å². The van der Waals surface area contributed by atoms with Crippen molar-refractivity contribution in [3.63, 3.8) is 0 Å². The quantitative estimate of drug-likeness (QED) is 0.574. The molecule has 1 aliphatic rings. The topological polar surface area (TPSA) is 95.8 Å². The number of hydrogen-bond acceptors (Lipinski definition) is 5. The van der Waals surface area contributed by atoms with Crippen molar-refractivity contribution < 1.29 is 9.90 Å². The molecule has 0 amide bonds. The number of aryl methyl sites for hydroxylation is 1. The van der Waals surface area contributed by atoms with Crippen molar-refractivity contribution in [1.29, 1.82) is 0 Å². The van der Waals surface area contributed by atoms with Crippen molar-refractivity contribution in [3.05, 3.63) is 83.9 Å². The molecule has 1 heterocycles. The fraction of sp³-hybridized carbons (Fsp3) is 0.208. The summed E-state index contributed by atoms with van der Waals surface area (Å²) in [7, 11) is 0. The summed E-state index contributed by atoms with van der Waals surface area (Å²) in [5.41, 5.74) is 16.4. The number of rotatable bonds is 3. The van der Waals surface area contributed by atoms with Gasteiger partial charge in [0.2, 0.25) is 0 Å². The first-order chi connectivity index (χ1) is 14.5. The fourth-order valence-electron chi connectivity index (χ4n) is 3.54. The summed E-state index contributed by atoms with van der Waals surface area (Å²) < 4.78 is 0. The number of piperazine rings is 1. The lowest BCUT2D eigenvalue weighted by atomic mass is 10.1. The third kappa shape index (κ3) is 5.23. The molecule has 0 saturated carbocycles. The van der Waals surface area contributed by atoms with Crippen LogP contribution in [0.25, 0.3) is 0 Å². The lowest BCUT2D eigenvalue weighted by molar-refractivity contribution is 0.0697. The van der Waals surface area contributed by atoms with Gasteiger partial charge in [0.25, 0.3) is 0 Å². The Balaban J connectivity index is 0.000000310. The number of carbonyl (C=O) groups is 1. The molecule has 6 heteroatoms. The average Bonchev–Trinajstić information content (AvgIpc) is 2.75. The molecule has 0 bridgehead atoms. The number of para-hydroxylation sites is 2. The Hall–Kier alpha value is -3.67. The third-order valence-corrected chi connectivity index (χ3v) is 5.15. The van der Waals surface area contributed by atoms with Crippen molar-refractivity contribution in [1.82, 2.24) is 0 Å². The van der Waals surface area contributed by atoms with Crippen molar-refractivity contribution in [3.8, 4) is 0 Å². The normalized spacial score (nSPS) is 13.4. The summed E-state index contributed by atoms with van der Waals surface area (Å²) in [6.07, 6.45) is 0. The first kappa shape index (κ1) is 21.0. The predicted octanol–water partition coefficient (Wildman–Crippen LogP) is 3.87. The van der Waals surface area contributed by atoms with Crippen LogP contribution in [0.4, 0.5) is 22.7 Å². The number of hydrogen-bond donors (Lipinski definition) is 3. The molecule has 156 valence electrons. The Labute approximate surface area is 177 Å². The lowest BCUT2D eigenvalue weighted by Crippen LogP contribution is -2.47. The van der Waals surface area contributed by atoms with Gasteiger partial charge >= 0.3 is 5.97 Å². The second-order valence-corrected chi connectivity index (χ2v) is 7.25. The maximum Gasteiger partial charge on any atom is 0.335 e. The molecule has 0 spiro atoms. The van der Waals surface area contributed by atoms with Gasteiger partial charge in [-0.1, -0.05) is 36.4 Å². The second-order valence-electron chi connectivity index (χ2n) is 7.25. The van der Waals surface area contributed by atoms with E-state index in [1.165, 1.54) is 17.3 Å². The minimum atomic E-state index is -0.951. The van der Waals surface area contributed by atoms with E-state index >= 15 is 0 Å².